The Morgan fingerprint density at radius 1 is 1.15 bits per heavy atom. The van der Waals surface area contributed by atoms with Gasteiger partial charge in [-0.2, -0.15) is 0 Å². The van der Waals surface area contributed by atoms with E-state index in [0.29, 0.717) is 29.5 Å². The minimum Gasteiger partial charge on any atom is -0.456 e. The molecule has 3 heterocycles. The summed E-state index contributed by atoms with van der Waals surface area (Å²) in [5.74, 6) is 1.34. The number of hydrogen-bond donors (Lipinski definition) is 1. The highest BCUT2D eigenvalue weighted by molar-refractivity contribution is 7.21. The van der Waals surface area contributed by atoms with Crippen molar-refractivity contribution in [2.24, 2.45) is 0 Å². The topological polar surface area (TPSA) is 76.5 Å². The fraction of sp³-hybridized carbons (Fsp3) is 0.320. The van der Waals surface area contributed by atoms with E-state index < -0.39 is 0 Å². The minimum absolute atomic E-state index is 0.0249. The number of nitrogens with zero attached hydrogens (tertiary/aromatic N) is 3. The van der Waals surface area contributed by atoms with E-state index in [-0.39, 0.29) is 11.9 Å². The second-order valence-electron chi connectivity index (χ2n) is 7.80. The van der Waals surface area contributed by atoms with Gasteiger partial charge in [-0.05, 0) is 57.5 Å². The van der Waals surface area contributed by atoms with E-state index in [9.17, 15) is 9.59 Å². The van der Waals surface area contributed by atoms with Gasteiger partial charge in [0.2, 0.25) is 0 Å². The van der Waals surface area contributed by atoms with Crippen LogP contribution < -0.4 is 10.1 Å². The van der Waals surface area contributed by atoms with Gasteiger partial charge in [-0.25, -0.2) is 4.79 Å². The van der Waals surface area contributed by atoms with Crippen LogP contribution in [0, 0.1) is 6.92 Å². The number of rotatable bonds is 7. The first-order valence-electron chi connectivity index (χ1n) is 11.2. The number of aromatic nitrogens is 2. The summed E-state index contributed by atoms with van der Waals surface area (Å²) >= 11 is 1.40. The van der Waals surface area contributed by atoms with Crippen LogP contribution in [-0.4, -0.2) is 46.0 Å². The third-order valence-corrected chi connectivity index (χ3v) is 6.59. The zero-order valence-electron chi connectivity index (χ0n) is 19.3. The van der Waals surface area contributed by atoms with Crippen molar-refractivity contribution in [2.45, 2.75) is 34.1 Å². The maximum absolute atomic E-state index is 12.9. The molecule has 4 rings (SSSR count). The minimum atomic E-state index is -0.144. The molecule has 0 aliphatic rings. The lowest BCUT2D eigenvalue weighted by atomic mass is 10.2. The third-order valence-electron chi connectivity index (χ3n) is 5.46. The normalized spacial score (nSPS) is 11.2. The van der Waals surface area contributed by atoms with Crippen LogP contribution >= 0.6 is 11.3 Å². The van der Waals surface area contributed by atoms with Crippen molar-refractivity contribution in [1.29, 1.82) is 0 Å². The molecule has 2 amide bonds. The van der Waals surface area contributed by atoms with E-state index in [1.54, 1.807) is 10.8 Å². The van der Waals surface area contributed by atoms with Crippen molar-refractivity contribution >= 4 is 44.4 Å². The predicted octanol–water partition coefficient (Wildman–Crippen LogP) is 5.80. The zero-order valence-corrected chi connectivity index (χ0v) is 20.2. The molecule has 172 valence electrons. The number of ether oxygens (including phenoxy) is 1. The van der Waals surface area contributed by atoms with E-state index in [0.717, 1.165) is 39.8 Å². The first-order valence-corrected chi connectivity index (χ1v) is 12.0. The molecule has 33 heavy (non-hydrogen) atoms. The van der Waals surface area contributed by atoms with Gasteiger partial charge in [0.15, 0.2) is 0 Å². The molecule has 1 N–H and O–H groups in total. The average molecular weight is 465 g/mol. The lowest BCUT2D eigenvalue weighted by Crippen LogP contribution is -2.30. The Hall–Kier alpha value is -3.39. The van der Waals surface area contributed by atoms with Crippen molar-refractivity contribution in [1.82, 2.24) is 19.8 Å². The molecule has 0 unspecified atom stereocenters. The molecule has 7 nitrogen and oxygen atoms in total. The van der Waals surface area contributed by atoms with Gasteiger partial charge in [-0.15, -0.1) is 11.3 Å². The fourth-order valence-corrected chi connectivity index (χ4v) is 4.98. The van der Waals surface area contributed by atoms with E-state index in [1.165, 1.54) is 11.3 Å². The van der Waals surface area contributed by atoms with Crippen LogP contribution in [0.4, 0.5) is 4.79 Å². The SMILES string of the molecule is CCCN(CC)C(=O)c1cc2nccc(Oc3ccc4c(c3)cc(C)n4C(=O)NCC)c2s1. The Morgan fingerprint density at radius 2 is 1.97 bits per heavy atom. The highest BCUT2D eigenvalue weighted by Gasteiger charge is 2.19. The van der Waals surface area contributed by atoms with E-state index >= 15 is 0 Å². The number of nitrogens with one attached hydrogen (secondary N) is 1. The van der Waals surface area contributed by atoms with Crippen LogP contribution in [0.2, 0.25) is 0 Å². The van der Waals surface area contributed by atoms with Gasteiger partial charge >= 0.3 is 6.03 Å². The first-order chi connectivity index (χ1) is 16.0. The summed E-state index contributed by atoms with van der Waals surface area (Å²) < 4.78 is 8.72. The van der Waals surface area contributed by atoms with Gasteiger partial charge in [0, 0.05) is 43.0 Å². The summed E-state index contributed by atoms with van der Waals surface area (Å²) in [6.07, 6.45) is 2.61. The van der Waals surface area contributed by atoms with Gasteiger partial charge in [0.25, 0.3) is 5.91 Å². The highest BCUT2D eigenvalue weighted by Crippen LogP contribution is 2.36. The van der Waals surface area contributed by atoms with Crippen LogP contribution in [0.3, 0.4) is 0 Å². The number of carbonyl (C=O) groups is 2. The van der Waals surface area contributed by atoms with Crippen molar-refractivity contribution in [2.75, 3.05) is 19.6 Å². The molecule has 3 aromatic heterocycles. The Morgan fingerprint density at radius 3 is 2.70 bits per heavy atom. The molecule has 0 saturated carbocycles. The first kappa shape index (κ1) is 22.8. The average Bonchev–Trinajstić information content (AvgIpc) is 3.38. The second kappa shape index (κ2) is 9.62. The molecule has 0 aliphatic heterocycles. The second-order valence-corrected chi connectivity index (χ2v) is 8.85. The van der Waals surface area contributed by atoms with Crippen LogP contribution in [-0.2, 0) is 0 Å². The summed E-state index contributed by atoms with van der Waals surface area (Å²) in [6, 6.07) is 11.1. The van der Waals surface area contributed by atoms with Crippen LogP contribution in [0.5, 0.6) is 11.5 Å². The Balaban J connectivity index is 1.65. The number of benzene rings is 1. The number of pyridine rings is 1. The molecule has 4 aromatic rings. The molecular weight excluding hydrogens is 436 g/mol. The van der Waals surface area contributed by atoms with Gasteiger partial charge in [-0.1, -0.05) is 6.92 Å². The van der Waals surface area contributed by atoms with Crippen molar-refractivity contribution < 1.29 is 14.3 Å². The maximum atomic E-state index is 12.9. The Labute approximate surface area is 197 Å². The Kier molecular flexibility index (Phi) is 6.65. The van der Waals surface area contributed by atoms with Crippen molar-refractivity contribution in [3.05, 3.63) is 53.2 Å². The molecule has 0 spiro atoms. The third kappa shape index (κ3) is 4.43. The predicted molar refractivity (Wildman–Crippen MR) is 133 cm³/mol. The number of carbonyl (C=O) groups excluding carboxylic acids is 2. The molecule has 0 radical (unpaired) electrons. The summed E-state index contributed by atoms with van der Waals surface area (Å²) in [4.78, 5) is 32.3. The van der Waals surface area contributed by atoms with Crippen LogP contribution in [0.25, 0.3) is 21.1 Å². The molecule has 8 heteroatoms. The molecule has 0 fully saturated rings. The van der Waals surface area contributed by atoms with Gasteiger partial charge in [0.1, 0.15) is 11.5 Å². The molecular formula is C25H28N4O3S. The van der Waals surface area contributed by atoms with E-state index in [1.807, 2.05) is 62.1 Å². The van der Waals surface area contributed by atoms with Gasteiger partial charge in [0.05, 0.1) is 20.6 Å². The summed E-state index contributed by atoms with van der Waals surface area (Å²) in [6.45, 7) is 9.83. The molecule has 0 saturated heterocycles. The van der Waals surface area contributed by atoms with Crippen molar-refractivity contribution in [3.8, 4) is 11.5 Å². The molecule has 1 aromatic carbocycles. The number of amides is 2. The van der Waals surface area contributed by atoms with Gasteiger partial charge in [-0.3, -0.25) is 14.3 Å². The zero-order chi connectivity index (χ0) is 23.5. The summed E-state index contributed by atoms with van der Waals surface area (Å²) in [5, 5.41) is 3.76. The standard InChI is InChI=1S/C25H28N4O3S/c1-5-12-28(7-3)24(30)22-15-19-23(33-22)21(10-11-27-19)32-18-8-9-20-17(14-18)13-16(4)29(20)25(31)26-6-2/h8-11,13-15H,5-7,12H2,1-4H3,(H,26,31). The number of fused-ring (bicyclic) bond motifs is 2. The van der Waals surface area contributed by atoms with Crippen LogP contribution in [0.1, 0.15) is 42.6 Å². The lowest BCUT2D eigenvalue weighted by molar-refractivity contribution is 0.0769. The van der Waals surface area contributed by atoms with Gasteiger partial charge < -0.3 is 15.0 Å². The Bertz CT molecular complexity index is 1320. The number of hydrogen-bond acceptors (Lipinski definition) is 5. The largest absolute Gasteiger partial charge is 0.456 e. The number of aryl methyl sites for hydroxylation is 1. The van der Waals surface area contributed by atoms with E-state index in [2.05, 4.69) is 17.2 Å². The van der Waals surface area contributed by atoms with Crippen LogP contribution in [0.15, 0.2) is 42.6 Å². The van der Waals surface area contributed by atoms with E-state index in [4.69, 9.17) is 4.74 Å². The fourth-order valence-electron chi connectivity index (χ4n) is 3.95. The maximum Gasteiger partial charge on any atom is 0.326 e. The van der Waals surface area contributed by atoms with Crippen molar-refractivity contribution in [3.63, 3.8) is 0 Å². The smallest absolute Gasteiger partial charge is 0.326 e. The number of thiophene rings is 1. The molecule has 0 bridgehead atoms. The lowest BCUT2D eigenvalue weighted by Gasteiger charge is -2.18. The quantitative estimate of drug-likeness (QED) is 0.375. The monoisotopic (exact) mass is 464 g/mol. The molecule has 0 atom stereocenters. The highest BCUT2D eigenvalue weighted by atomic mass is 32.1. The molecule has 0 aliphatic carbocycles. The summed E-state index contributed by atoms with van der Waals surface area (Å²) in [5.41, 5.74) is 2.42. The summed E-state index contributed by atoms with van der Waals surface area (Å²) in [7, 11) is 0.